The van der Waals surface area contributed by atoms with Gasteiger partial charge in [-0.05, 0) is 30.5 Å². The Labute approximate surface area is 188 Å². The predicted octanol–water partition coefficient (Wildman–Crippen LogP) is 0.117. The van der Waals surface area contributed by atoms with Crippen molar-refractivity contribution in [3.05, 3.63) is 47.5 Å². The number of H-pyrrole nitrogens is 1. The first-order valence-electron chi connectivity index (χ1n) is 9.89. The summed E-state index contributed by atoms with van der Waals surface area (Å²) in [7, 11) is -4.64. The summed E-state index contributed by atoms with van der Waals surface area (Å²) in [5.41, 5.74) is 5.40. The van der Waals surface area contributed by atoms with Gasteiger partial charge in [0.15, 0.2) is 17.8 Å². The average molecular weight is 483 g/mol. The van der Waals surface area contributed by atoms with E-state index in [1.165, 1.54) is 23.0 Å². The van der Waals surface area contributed by atoms with Crippen molar-refractivity contribution in [2.45, 2.75) is 45.0 Å². The second-order valence-corrected chi connectivity index (χ2v) is 8.61. The fraction of sp³-hybridized carbons (Fsp3) is 0.421. The number of hydrogen-bond donors (Lipinski definition) is 7. The van der Waals surface area contributed by atoms with E-state index in [1.807, 2.05) is 0 Å². The van der Waals surface area contributed by atoms with Gasteiger partial charge in [0.05, 0.1) is 12.9 Å². The highest BCUT2D eigenvalue weighted by Gasteiger charge is 2.42. The molecule has 0 spiro atoms. The van der Waals surface area contributed by atoms with Crippen molar-refractivity contribution >= 4 is 24.8 Å². The van der Waals surface area contributed by atoms with Gasteiger partial charge in [-0.2, -0.15) is 0 Å². The lowest BCUT2D eigenvalue weighted by Gasteiger charge is -2.14. The minimum Gasteiger partial charge on any atom is -0.387 e. The molecule has 4 rings (SSSR count). The van der Waals surface area contributed by atoms with Crippen molar-refractivity contribution in [2.75, 3.05) is 11.9 Å². The Balaban J connectivity index is 0.000000196. The fourth-order valence-corrected chi connectivity index (χ4v) is 3.46. The highest BCUT2D eigenvalue weighted by molar-refractivity contribution is 7.46. The number of imidazole rings is 1. The molecule has 180 valence electrons. The first-order chi connectivity index (χ1) is 15.6. The SMILES string of the molecule is Cc1cccc(CNc2ncnc3nc[nH]c23)c1C.O=P(O)(O)OC[C@H]1OC(O)[C@H](O)[C@@H]1O. The number of aliphatic hydroxyl groups is 3. The Morgan fingerprint density at radius 1 is 1.15 bits per heavy atom. The van der Waals surface area contributed by atoms with Gasteiger partial charge in [-0.25, -0.2) is 19.5 Å². The number of aryl methyl sites for hydroxylation is 1. The summed E-state index contributed by atoms with van der Waals surface area (Å²) in [5.74, 6) is 0.781. The Morgan fingerprint density at radius 3 is 2.58 bits per heavy atom. The van der Waals surface area contributed by atoms with Gasteiger partial charge in [-0.1, -0.05) is 18.2 Å². The quantitative estimate of drug-likeness (QED) is 0.234. The van der Waals surface area contributed by atoms with Crippen LogP contribution >= 0.6 is 7.82 Å². The second-order valence-electron chi connectivity index (χ2n) is 7.37. The zero-order valence-electron chi connectivity index (χ0n) is 17.9. The van der Waals surface area contributed by atoms with E-state index in [0.29, 0.717) is 5.65 Å². The molecule has 1 aromatic carbocycles. The number of aromatic amines is 1. The van der Waals surface area contributed by atoms with Crippen LogP contribution in [0.3, 0.4) is 0 Å². The van der Waals surface area contributed by atoms with Gasteiger partial charge in [0, 0.05) is 6.54 Å². The number of aromatic nitrogens is 4. The molecule has 1 saturated heterocycles. The minimum absolute atomic E-state index is 0.612. The topological polar surface area (TPSA) is 203 Å². The van der Waals surface area contributed by atoms with E-state index in [1.54, 1.807) is 6.33 Å². The van der Waals surface area contributed by atoms with Crippen LogP contribution in [0.15, 0.2) is 30.9 Å². The minimum atomic E-state index is -4.64. The lowest BCUT2D eigenvalue weighted by atomic mass is 10.0. The number of rotatable bonds is 6. The summed E-state index contributed by atoms with van der Waals surface area (Å²) in [5, 5.41) is 30.4. The van der Waals surface area contributed by atoms with Gasteiger partial charge in [0.2, 0.25) is 0 Å². The normalized spacial score (nSPS) is 22.8. The van der Waals surface area contributed by atoms with E-state index < -0.39 is 39.0 Å². The predicted molar refractivity (Wildman–Crippen MR) is 116 cm³/mol. The summed E-state index contributed by atoms with van der Waals surface area (Å²) in [6.07, 6.45) is -2.52. The van der Waals surface area contributed by atoms with E-state index in [9.17, 15) is 4.57 Å². The monoisotopic (exact) mass is 483 g/mol. The van der Waals surface area contributed by atoms with Crippen LogP contribution in [0.4, 0.5) is 5.82 Å². The number of hydrogen-bond acceptors (Lipinski definition) is 10. The Hall–Kier alpha value is -2.48. The van der Waals surface area contributed by atoms with Gasteiger partial charge in [0.25, 0.3) is 0 Å². The zero-order valence-corrected chi connectivity index (χ0v) is 18.8. The van der Waals surface area contributed by atoms with Crippen LogP contribution < -0.4 is 5.32 Å². The Kier molecular flexibility index (Phi) is 8.10. The largest absolute Gasteiger partial charge is 0.469 e. The van der Waals surface area contributed by atoms with Crippen molar-refractivity contribution in [3.8, 4) is 0 Å². The molecule has 3 heterocycles. The van der Waals surface area contributed by atoms with Gasteiger partial charge < -0.3 is 40.1 Å². The number of anilines is 1. The van der Waals surface area contributed by atoms with E-state index in [0.717, 1.165) is 17.9 Å². The van der Waals surface area contributed by atoms with Crippen LogP contribution in [-0.2, 0) is 20.4 Å². The number of nitrogens with one attached hydrogen (secondary N) is 2. The molecule has 1 fully saturated rings. The number of ether oxygens (including phenoxy) is 1. The molecule has 1 unspecified atom stereocenters. The summed E-state index contributed by atoms with van der Waals surface area (Å²) < 4.78 is 18.9. The number of benzene rings is 1. The highest BCUT2D eigenvalue weighted by atomic mass is 31.2. The maximum atomic E-state index is 10.3. The molecule has 14 heteroatoms. The molecule has 0 aliphatic carbocycles. The highest BCUT2D eigenvalue weighted by Crippen LogP contribution is 2.37. The summed E-state index contributed by atoms with van der Waals surface area (Å²) in [4.78, 5) is 32.2. The molecule has 0 saturated carbocycles. The lowest BCUT2D eigenvalue weighted by molar-refractivity contribution is -0.132. The average Bonchev–Trinajstić information content (AvgIpc) is 3.34. The molecule has 0 bridgehead atoms. The molecule has 1 aliphatic rings. The van der Waals surface area contributed by atoms with Gasteiger partial charge in [-0.3, -0.25) is 4.52 Å². The molecule has 33 heavy (non-hydrogen) atoms. The van der Waals surface area contributed by atoms with Crippen LogP contribution in [-0.4, -0.2) is 76.3 Å². The smallest absolute Gasteiger partial charge is 0.387 e. The van der Waals surface area contributed by atoms with Crippen LogP contribution in [0.1, 0.15) is 16.7 Å². The van der Waals surface area contributed by atoms with Crippen molar-refractivity contribution < 1.29 is 38.9 Å². The third-order valence-electron chi connectivity index (χ3n) is 5.13. The van der Waals surface area contributed by atoms with E-state index >= 15 is 0 Å². The molecular formula is C19H26N5O8P. The van der Waals surface area contributed by atoms with Crippen molar-refractivity contribution in [1.82, 2.24) is 19.9 Å². The standard InChI is InChI=1S/C14H15N5.C5H11O8P/c1-9-4-3-5-11(10(9)2)6-15-13-12-14(17-7-16-12)19-8-18-13;6-3-2(1-12-14(9,10)11)13-5(8)4(3)7/h3-5,7-8H,6H2,1-2H3,(H2,15,16,17,18,19);2-8H,1H2,(H2,9,10,11)/t;2-,3-,4-,5?/m.1/s1. The maximum Gasteiger partial charge on any atom is 0.469 e. The van der Waals surface area contributed by atoms with Crippen molar-refractivity contribution in [1.29, 1.82) is 0 Å². The Morgan fingerprint density at radius 2 is 1.91 bits per heavy atom. The van der Waals surface area contributed by atoms with Crippen LogP contribution in [0.2, 0.25) is 0 Å². The molecule has 0 radical (unpaired) electrons. The molecule has 2 aromatic heterocycles. The van der Waals surface area contributed by atoms with Crippen molar-refractivity contribution in [3.63, 3.8) is 0 Å². The summed E-state index contributed by atoms with van der Waals surface area (Å²) >= 11 is 0. The van der Waals surface area contributed by atoms with E-state index in [4.69, 9.17) is 25.1 Å². The summed E-state index contributed by atoms with van der Waals surface area (Å²) in [6, 6.07) is 6.32. The van der Waals surface area contributed by atoms with Crippen molar-refractivity contribution in [2.24, 2.45) is 0 Å². The summed E-state index contributed by atoms with van der Waals surface area (Å²) in [6.45, 7) is 4.38. The van der Waals surface area contributed by atoms with E-state index in [-0.39, 0.29) is 0 Å². The van der Waals surface area contributed by atoms with Crippen LogP contribution in [0.25, 0.3) is 11.2 Å². The number of aliphatic hydroxyl groups excluding tert-OH is 3. The van der Waals surface area contributed by atoms with Gasteiger partial charge in [-0.15, -0.1) is 0 Å². The number of phosphoric acid groups is 1. The third-order valence-corrected chi connectivity index (χ3v) is 5.62. The zero-order chi connectivity index (χ0) is 24.2. The molecule has 7 N–H and O–H groups in total. The number of nitrogens with zero attached hydrogens (tertiary/aromatic N) is 3. The van der Waals surface area contributed by atoms with Crippen LogP contribution in [0, 0.1) is 13.8 Å². The molecule has 0 amide bonds. The molecule has 13 nitrogen and oxygen atoms in total. The lowest BCUT2D eigenvalue weighted by Crippen LogP contribution is -2.34. The van der Waals surface area contributed by atoms with Gasteiger partial charge >= 0.3 is 7.82 Å². The molecular weight excluding hydrogens is 457 g/mol. The van der Waals surface area contributed by atoms with E-state index in [2.05, 4.69) is 66.6 Å². The number of fused-ring (bicyclic) bond motifs is 1. The molecule has 1 aliphatic heterocycles. The van der Waals surface area contributed by atoms with Crippen LogP contribution in [0.5, 0.6) is 0 Å². The number of phosphoric ester groups is 1. The second kappa shape index (κ2) is 10.6. The van der Waals surface area contributed by atoms with Gasteiger partial charge in [0.1, 0.15) is 30.2 Å². The Bertz CT molecular complexity index is 1120. The molecule has 4 atom stereocenters. The first kappa shape index (κ1) is 25.1. The molecule has 3 aromatic rings. The third kappa shape index (κ3) is 6.53. The first-order valence-corrected chi connectivity index (χ1v) is 11.4. The maximum absolute atomic E-state index is 10.3. The fourth-order valence-electron chi connectivity index (χ4n) is 3.12.